The van der Waals surface area contributed by atoms with Gasteiger partial charge in [0.15, 0.2) is 0 Å². The van der Waals surface area contributed by atoms with Gasteiger partial charge in [-0.1, -0.05) is 163 Å². The molecule has 7 aromatic rings. The first-order valence-electron chi connectivity index (χ1n) is 20.4. The lowest BCUT2D eigenvalue weighted by molar-refractivity contribution is 0.552. The minimum atomic E-state index is 0.367. The van der Waals surface area contributed by atoms with Crippen molar-refractivity contribution in [3.05, 3.63) is 240 Å². The molecule has 6 aromatic carbocycles. The molecule has 58 heavy (non-hydrogen) atoms. The van der Waals surface area contributed by atoms with E-state index < -0.39 is 0 Å². The molecule has 0 N–H and O–H groups in total. The van der Waals surface area contributed by atoms with Crippen molar-refractivity contribution in [2.45, 2.75) is 12.3 Å². The first-order chi connectivity index (χ1) is 28.8. The zero-order valence-corrected chi connectivity index (χ0v) is 31.9. The van der Waals surface area contributed by atoms with Crippen LogP contribution in [0, 0.1) is 11.8 Å². The fourth-order valence-corrected chi connectivity index (χ4v) is 10.3. The molecule has 2 nitrogen and oxygen atoms in total. The van der Waals surface area contributed by atoms with Crippen LogP contribution in [0.15, 0.2) is 223 Å². The van der Waals surface area contributed by atoms with Gasteiger partial charge in [-0.05, 0) is 93.9 Å². The first kappa shape index (κ1) is 32.9. The Morgan fingerprint density at radius 3 is 2.29 bits per heavy atom. The van der Waals surface area contributed by atoms with Gasteiger partial charge in [-0.25, -0.2) is 0 Å². The number of hydrogen-bond acceptors (Lipinski definition) is 1. The van der Waals surface area contributed by atoms with Crippen molar-refractivity contribution >= 4 is 55.7 Å². The van der Waals surface area contributed by atoms with E-state index >= 15 is 0 Å². The number of rotatable bonds is 6. The van der Waals surface area contributed by atoms with Crippen LogP contribution in [0.4, 0.5) is 17.1 Å². The highest BCUT2D eigenvalue weighted by molar-refractivity contribution is 6.15. The summed E-state index contributed by atoms with van der Waals surface area (Å²) < 4.78 is 2.42. The Morgan fingerprint density at radius 2 is 1.40 bits per heavy atom. The number of benzene rings is 6. The maximum atomic E-state index is 3.49. The van der Waals surface area contributed by atoms with E-state index in [9.17, 15) is 0 Å². The van der Waals surface area contributed by atoms with Gasteiger partial charge in [0.05, 0.1) is 28.0 Å². The number of para-hydroxylation sites is 2. The molecule has 0 saturated carbocycles. The van der Waals surface area contributed by atoms with Crippen molar-refractivity contribution in [1.82, 2.24) is 4.57 Å². The summed E-state index contributed by atoms with van der Waals surface area (Å²) >= 11 is 0. The highest BCUT2D eigenvalue weighted by atomic mass is 15.1. The van der Waals surface area contributed by atoms with E-state index in [-0.39, 0.29) is 0 Å². The van der Waals surface area contributed by atoms with Crippen molar-refractivity contribution in [2.75, 3.05) is 4.90 Å². The second-order valence-corrected chi connectivity index (χ2v) is 15.8. The largest absolute Gasteiger partial charge is 0.310 e. The average molecular weight is 739 g/mol. The fraction of sp³-hybridized carbons (Fsp3) is 0.0714. The van der Waals surface area contributed by atoms with Gasteiger partial charge in [0.1, 0.15) is 0 Å². The summed E-state index contributed by atoms with van der Waals surface area (Å²) in [5.74, 6) is 1.18. The van der Waals surface area contributed by atoms with Crippen molar-refractivity contribution in [3.8, 4) is 11.1 Å². The molecule has 272 valence electrons. The summed E-state index contributed by atoms with van der Waals surface area (Å²) in [5.41, 5.74) is 25.3. The Bertz CT molecular complexity index is 3160. The molecule has 0 fully saturated rings. The number of fused-ring (bicyclic) bond motifs is 8. The van der Waals surface area contributed by atoms with E-state index in [2.05, 4.69) is 215 Å². The van der Waals surface area contributed by atoms with Crippen molar-refractivity contribution < 1.29 is 0 Å². The van der Waals surface area contributed by atoms with Gasteiger partial charge in [0.2, 0.25) is 0 Å². The number of anilines is 3. The third-order valence-corrected chi connectivity index (χ3v) is 12.7. The fourth-order valence-electron chi connectivity index (χ4n) is 10.3. The van der Waals surface area contributed by atoms with Crippen molar-refractivity contribution in [2.24, 2.45) is 11.8 Å². The molecule has 3 atom stereocenters. The quantitative estimate of drug-likeness (QED) is 0.154. The summed E-state index contributed by atoms with van der Waals surface area (Å²) in [6.07, 6.45) is 21.7. The van der Waals surface area contributed by atoms with Crippen LogP contribution in [0.25, 0.3) is 49.8 Å². The predicted octanol–water partition coefficient (Wildman–Crippen LogP) is 14.3. The number of allylic oxidation sites excluding steroid dienone is 14. The molecule has 0 saturated heterocycles. The van der Waals surface area contributed by atoms with E-state index in [4.69, 9.17) is 0 Å². The maximum absolute atomic E-state index is 3.49. The molecule has 0 radical (unpaired) electrons. The molecular formula is C56H38N2. The summed E-state index contributed by atoms with van der Waals surface area (Å²) in [6, 6.07) is 53.3. The summed E-state index contributed by atoms with van der Waals surface area (Å²) in [6.45, 7) is 0. The highest BCUT2D eigenvalue weighted by Gasteiger charge is 2.43. The van der Waals surface area contributed by atoms with Gasteiger partial charge in [0.25, 0.3) is 0 Å². The van der Waals surface area contributed by atoms with E-state index in [0.717, 1.165) is 51.3 Å². The predicted molar refractivity (Wildman–Crippen MR) is 242 cm³/mol. The first-order valence-corrected chi connectivity index (χ1v) is 20.4. The van der Waals surface area contributed by atoms with E-state index in [1.54, 1.807) is 5.57 Å². The number of nitrogens with zero attached hydrogens (tertiary/aromatic N) is 2. The second-order valence-electron chi connectivity index (χ2n) is 15.8. The Kier molecular flexibility index (Phi) is 7.43. The molecule has 5 aliphatic carbocycles. The molecule has 2 heteroatoms. The lowest BCUT2D eigenvalue weighted by Gasteiger charge is -2.36. The second kappa shape index (κ2) is 13.1. The molecule has 0 aliphatic heterocycles. The number of hydrogen-bond donors (Lipinski definition) is 0. The third-order valence-electron chi connectivity index (χ3n) is 12.7. The summed E-state index contributed by atoms with van der Waals surface area (Å²) in [4.78, 5) is 2.48. The highest BCUT2D eigenvalue weighted by Crippen LogP contribution is 2.58. The zero-order valence-electron chi connectivity index (χ0n) is 31.9. The molecular weight excluding hydrogens is 701 g/mol. The van der Waals surface area contributed by atoms with Gasteiger partial charge in [-0.15, -0.1) is 0 Å². The molecule has 1 heterocycles. The maximum Gasteiger partial charge on any atom is 0.0631 e. The average Bonchev–Trinajstić information content (AvgIpc) is 3.81. The standard InChI is InChI=1S/C56H38N2/c1-3-16-37(17-4-1)43-22-9-12-27-51(43)57(41-31-33-49-50(35-41)48-26-15-21-40-34-39-20-7-8-24-45(39)56(49)55(40)48)42-30-32-47-46-25-11-14-29-53(46)58(54(47)36-42)52-28-13-10-23-44(52)38-18-5-2-6-19-38/h1-9,11-20,22,24-36,40,45,56H,21H2. The van der Waals surface area contributed by atoms with Crippen LogP contribution in [0.3, 0.4) is 0 Å². The van der Waals surface area contributed by atoms with Gasteiger partial charge >= 0.3 is 0 Å². The van der Waals surface area contributed by atoms with Crippen LogP contribution in [0.1, 0.15) is 29.0 Å². The van der Waals surface area contributed by atoms with Crippen LogP contribution in [0.2, 0.25) is 0 Å². The van der Waals surface area contributed by atoms with E-state index in [0.29, 0.717) is 17.8 Å². The summed E-state index contributed by atoms with van der Waals surface area (Å²) in [5, 5.41) is 2.43. The van der Waals surface area contributed by atoms with Crippen molar-refractivity contribution in [3.63, 3.8) is 0 Å². The molecule has 0 amide bonds. The topological polar surface area (TPSA) is 8.17 Å². The Labute approximate surface area is 338 Å². The minimum Gasteiger partial charge on any atom is -0.310 e. The van der Waals surface area contributed by atoms with Crippen LogP contribution < -0.4 is 4.90 Å². The van der Waals surface area contributed by atoms with Crippen molar-refractivity contribution in [1.29, 1.82) is 0 Å². The van der Waals surface area contributed by atoms with Gasteiger partial charge in [-0.2, -0.15) is 0 Å². The van der Waals surface area contributed by atoms with Crippen LogP contribution in [0.5, 0.6) is 0 Å². The molecule has 0 spiro atoms. The zero-order chi connectivity index (χ0) is 38.2. The van der Waals surface area contributed by atoms with E-state index in [1.807, 2.05) is 6.08 Å². The van der Waals surface area contributed by atoms with Crippen LogP contribution >= 0.6 is 0 Å². The molecule has 5 aliphatic rings. The van der Waals surface area contributed by atoms with Crippen LogP contribution in [-0.2, 0) is 0 Å². The monoisotopic (exact) mass is 738 g/mol. The van der Waals surface area contributed by atoms with Gasteiger partial charge in [0, 0.05) is 45.5 Å². The van der Waals surface area contributed by atoms with Gasteiger partial charge < -0.3 is 9.47 Å². The summed E-state index contributed by atoms with van der Waals surface area (Å²) in [7, 11) is 0. The van der Waals surface area contributed by atoms with E-state index in [1.165, 1.54) is 44.2 Å². The minimum absolute atomic E-state index is 0.367. The van der Waals surface area contributed by atoms with Gasteiger partial charge in [-0.3, -0.25) is 0 Å². The van der Waals surface area contributed by atoms with Crippen LogP contribution in [-0.4, -0.2) is 4.57 Å². The lowest BCUT2D eigenvalue weighted by Crippen LogP contribution is -2.24. The number of aromatic nitrogens is 1. The molecule has 0 bridgehead atoms. The Balaban J connectivity index is 1.09. The third kappa shape index (κ3) is 5.00. The smallest absolute Gasteiger partial charge is 0.0631 e. The normalized spacial score (nSPS) is 19.5. The lowest BCUT2D eigenvalue weighted by atomic mass is 9.67. The molecule has 12 rings (SSSR count). The Hall–Kier alpha value is -7.34. The Morgan fingerprint density at radius 1 is 0.638 bits per heavy atom. The molecule has 3 unspecified atom stereocenters. The molecule has 1 aromatic heterocycles. The SMILES string of the molecule is C1=C=C(c2ccccc2)C(n2c3ccccc3c3ccc(N(c4ccc5c(c4)C4=C6C(C=C7C=CC=CC7C65)CC=C4)c4ccccc4-c4ccccc4)cc32)=CC=1.